The molecule has 2 aromatic rings. The molecular formula is C20H28FN5O. The van der Waals surface area contributed by atoms with Gasteiger partial charge in [-0.15, -0.1) is 0 Å². The minimum absolute atomic E-state index is 0.216. The van der Waals surface area contributed by atoms with E-state index in [0.717, 1.165) is 17.9 Å². The smallest absolute Gasteiger partial charge is 0.191 e. The van der Waals surface area contributed by atoms with Crippen LogP contribution in [0.25, 0.3) is 0 Å². The van der Waals surface area contributed by atoms with Crippen molar-refractivity contribution in [2.45, 2.75) is 26.5 Å². The van der Waals surface area contributed by atoms with E-state index in [1.165, 1.54) is 6.07 Å². The molecule has 2 N–H and O–H groups in total. The number of halogens is 1. The average Bonchev–Trinajstić information content (AvgIpc) is 2.66. The first-order valence-electron chi connectivity index (χ1n) is 9.05. The molecule has 1 atom stereocenters. The van der Waals surface area contributed by atoms with Gasteiger partial charge in [0.2, 0.25) is 0 Å². The Kier molecular flexibility index (Phi) is 7.85. The Balaban J connectivity index is 1.93. The monoisotopic (exact) mass is 373 g/mol. The molecule has 0 aliphatic heterocycles. The Morgan fingerprint density at radius 3 is 2.74 bits per heavy atom. The summed E-state index contributed by atoms with van der Waals surface area (Å²) in [5.74, 6) is 1.47. The SMILES string of the molecule is CCNC(=NCc1ccnc(N(C)C)c1)NCC(C)Oc1ccccc1F. The van der Waals surface area contributed by atoms with Crippen molar-refractivity contribution in [2.24, 2.45) is 4.99 Å². The average molecular weight is 373 g/mol. The van der Waals surface area contributed by atoms with Crippen molar-refractivity contribution in [2.75, 3.05) is 32.1 Å². The Morgan fingerprint density at radius 2 is 2.04 bits per heavy atom. The van der Waals surface area contributed by atoms with Crippen LogP contribution in [0.15, 0.2) is 47.6 Å². The zero-order chi connectivity index (χ0) is 19.6. The number of guanidine groups is 1. The van der Waals surface area contributed by atoms with E-state index in [-0.39, 0.29) is 17.7 Å². The molecule has 0 saturated heterocycles. The molecule has 0 fully saturated rings. The minimum Gasteiger partial charge on any atom is -0.486 e. The third-order valence-corrected chi connectivity index (χ3v) is 3.75. The lowest BCUT2D eigenvalue weighted by molar-refractivity contribution is 0.214. The van der Waals surface area contributed by atoms with Gasteiger partial charge in [-0.1, -0.05) is 12.1 Å². The van der Waals surface area contributed by atoms with Crippen LogP contribution in [0.3, 0.4) is 0 Å². The summed E-state index contributed by atoms with van der Waals surface area (Å²) in [5.41, 5.74) is 1.07. The van der Waals surface area contributed by atoms with Crippen molar-refractivity contribution in [3.05, 3.63) is 54.0 Å². The molecule has 6 nitrogen and oxygen atoms in total. The molecule has 1 heterocycles. The molecular weight excluding hydrogens is 345 g/mol. The Morgan fingerprint density at radius 1 is 1.26 bits per heavy atom. The van der Waals surface area contributed by atoms with Crippen molar-refractivity contribution in [1.82, 2.24) is 15.6 Å². The second kappa shape index (κ2) is 10.4. The summed E-state index contributed by atoms with van der Waals surface area (Å²) in [4.78, 5) is 10.9. The van der Waals surface area contributed by atoms with Gasteiger partial charge in [-0.05, 0) is 43.7 Å². The normalized spacial score (nSPS) is 12.4. The topological polar surface area (TPSA) is 61.8 Å². The van der Waals surface area contributed by atoms with Gasteiger partial charge in [0.1, 0.15) is 11.9 Å². The highest BCUT2D eigenvalue weighted by atomic mass is 19.1. The van der Waals surface area contributed by atoms with Gasteiger partial charge < -0.3 is 20.3 Å². The highest BCUT2D eigenvalue weighted by molar-refractivity contribution is 5.79. The molecule has 0 amide bonds. The summed E-state index contributed by atoms with van der Waals surface area (Å²) in [6.07, 6.45) is 1.57. The maximum absolute atomic E-state index is 13.7. The number of nitrogens with zero attached hydrogens (tertiary/aromatic N) is 3. The molecule has 0 bridgehead atoms. The van der Waals surface area contributed by atoms with E-state index in [4.69, 9.17) is 4.74 Å². The van der Waals surface area contributed by atoms with Crippen LogP contribution in [-0.2, 0) is 6.54 Å². The lowest BCUT2D eigenvalue weighted by atomic mass is 10.2. The zero-order valence-corrected chi connectivity index (χ0v) is 16.4. The van der Waals surface area contributed by atoms with Gasteiger partial charge in [0.05, 0.1) is 13.1 Å². The number of aliphatic imine (C=N–C) groups is 1. The van der Waals surface area contributed by atoms with E-state index in [0.29, 0.717) is 19.0 Å². The standard InChI is InChI=1S/C20H28FN5O/c1-5-22-20(25-14-16-10-11-23-19(12-16)26(3)4)24-13-15(2)27-18-9-7-6-8-17(18)21/h6-12,15H,5,13-14H2,1-4H3,(H2,22,24,25). The van der Waals surface area contributed by atoms with Gasteiger partial charge in [-0.2, -0.15) is 0 Å². The molecule has 146 valence electrons. The van der Waals surface area contributed by atoms with Crippen LogP contribution >= 0.6 is 0 Å². The molecule has 0 aliphatic carbocycles. The lowest BCUT2D eigenvalue weighted by Crippen LogP contribution is -2.41. The van der Waals surface area contributed by atoms with Gasteiger partial charge in [-0.3, -0.25) is 0 Å². The Labute approximate surface area is 160 Å². The Hall–Kier alpha value is -2.83. The van der Waals surface area contributed by atoms with Crippen molar-refractivity contribution >= 4 is 11.8 Å². The summed E-state index contributed by atoms with van der Waals surface area (Å²) < 4.78 is 19.3. The first kappa shape index (κ1) is 20.5. The third kappa shape index (κ3) is 6.77. The van der Waals surface area contributed by atoms with Crippen molar-refractivity contribution < 1.29 is 9.13 Å². The number of ether oxygens (including phenoxy) is 1. The van der Waals surface area contributed by atoms with E-state index in [1.807, 2.05) is 45.0 Å². The van der Waals surface area contributed by atoms with Crippen LogP contribution in [-0.4, -0.2) is 44.2 Å². The summed E-state index contributed by atoms with van der Waals surface area (Å²) in [5, 5.41) is 6.44. The van der Waals surface area contributed by atoms with Gasteiger partial charge in [0.15, 0.2) is 17.5 Å². The fourth-order valence-corrected chi connectivity index (χ4v) is 2.35. The summed E-state index contributed by atoms with van der Waals surface area (Å²) in [7, 11) is 3.91. The molecule has 0 saturated carbocycles. The maximum Gasteiger partial charge on any atom is 0.191 e. The van der Waals surface area contributed by atoms with Crippen LogP contribution in [0, 0.1) is 5.82 Å². The largest absolute Gasteiger partial charge is 0.486 e. The zero-order valence-electron chi connectivity index (χ0n) is 16.4. The predicted octanol–water partition coefficient (Wildman–Crippen LogP) is 2.81. The van der Waals surface area contributed by atoms with Gasteiger partial charge in [-0.25, -0.2) is 14.4 Å². The molecule has 1 unspecified atom stereocenters. The van der Waals surface area contributed by atoms with Gasteiger partial charge >= 0.3 is 0 Å². The number of nitrogens with one attached hydrogen (secondary N) is 2. The molecule has 1 aromatic heterocycles. The quantitative estimate of drug-likeness (QED) is 0.550. The van der Waals surface area contributed by atoms with Crippen LogP contribution in [0.1, 0.15) is 19.4 Å². The summed E-state index contributed by atoms with van der Waals surface area (Å²) >= 11 is 0. The number of aromatic nitrogens is 1. The van der Waals surface area contributed by atoms with Crippen molar-refractivity contribution in [3.63, 3.8) is 0 Å². The number of anilines is 1. The highest BCUT2D eigenvalue weighted by Crippen LogP contribution is 2.16. The van der Waals surface area contributed by atoms with Gasteiger partial charge in [0, 0.05) is 26.8 Å². The van der Waals surface area contributed by atoms with Gasteiger partial charge in [0.25, 0.3) is 0 Å². The predicted molar refractivity (Wildman–Crippen MR) is 108 cm³/mol. The number of pyridine rings is 1. The van der Waals surface area contributed by atoms with E-state index >= 15 is 0 Å². The summed E-state index contributed by atoms with van der Waals surface area (Å²) in [6.45, 7) is 5.66. The van der Waals surface area contributed by atoms with E-state index in [9.17, 15) is 4.39 Å². The number of para-hydroxylation sites is 1. The number of benzene rings is 1. The first-order chi connectivity index (χ1) is 13.0. The van der Waals surface area contributed by atoms with Crippen LogP contribution in [0.5, 0.6) is 5.75 Å². The highest BCUT2D eigenvalue weighted by Gasteiger charge is 2.09. The van der Waals surface area contributed by atoms with Crippen molar-refractivity contribution in [1.29, 1.82) is 0 Å². The number of hydrogen-bond acceptors (Lipinski definition) is 4. The molecule has 0 radical (unpaired) electrons. The maximum atomic E-state index is 13.7. The first-order valence-corrected chi connectivity index (χ1v) is 9.05. The minimum atomic E-state index is -0.362. The van der Waals surface area contributed by atoms with E-state index in [1.54, 1.807) is 24.4 Å². The fraction of sp³-hybridized carbons (Fsp3) is 0.400. The fourth-order valence-electron chi connectivity index (χ4n) is 2.35. The number of rotatable bonds is 8. The van der Waals surface area contributed by atoms with E-state index < -0.39 is 0 Å². The Bertz CT molecular complexity index is 751. The second-order valence-corrected chi connectivity index (χ2v) is 6.35. The van der Waals surface area contributed by atoms with Crippen LogP contribution in [0.2, 0.25) is 0 Å². The second-order valence-electron chi connectivity index (χ2n) is 6.35. The van der Waals surface area contributed by atoms with E-state index in [2.05, 4.69) is 20.6 Å². The van der Waals surface area contributed by atoms with Crippen LogP contribution < -0.4 is 20.3 Å². The number of hydrogen-bond donors (Lipinski definition) is 2. The van der Waals surface area contributed by atoms with Crippen LogP contribution in [0.4, 0.5) is 10.2 Å². The molecule has 2 rings (SSSR count). The van der Waals surface area contributed by atoms with Crippen molar-refractivity contribution in [3.8, 4) is 5.75 Å². The molecule has 0 aliphatic rings. The molecule has 1 aromatic carbocycles. The molecule has 27 heavy (non-hydrogen) atoms. The summed E-state index contributed by atoms with van der Waals surface area (Å²) in [6, 6.07) is 10.4. The molecule has 7 heteroatoms. The molecule has 0 spiro atoms. The lowest BCUT2D eigenvalue weighted by Gasteiger charge is -2.18. The third-order valence-electron chi connectivity index (χ3n) is 3.75.